The molecule has 0 fully saturated rings. The number of unbranched alkanes of at least 4 members (excludes halogenated alkanes) is 1. The molecule has 0 amide bonds. The zero-order valence-electron chi connectivity index (χ0n) is 17.6. The fourth-order valence-corrected chi connectivity index (χ4v) is 3.33. The van der Waals surface area contributed by atoms with E-state index in [4.69, 9.17) is 9.47 Å². The van der Waals surface area contributed by atoms with Gasteiger partial charge >= 0.3 is 6.18 Å². The Hall–Kier alpha value is -3.55. The van der Waals surface area contributed by atoms with Crippen LogP contribution in [-0.4, -0.2) is 18.6 Å². The molecular weight excluding hydrogens is 423 g/mol. The molecule has 32 heavy (non-hydrogen) atoms. The number of halogens is 3. The molecule has 3 rings (SSSR count). The van der Waals surface area contributed by atoms with Crippen LogP contribution in [0.1, 0.15) is 25.3 Å². The van der Waals surface area contributed by atoms with Gasteiger partial charge in [-0.3, -0.25) is 10.1 Å². The number of hydrogen-bond donors (Lipinski definition) is 0. The van der Waals surface area contributed by atoms with Gasteiger partial charge in [-0.25, -0.2) is 0 Å². The average Bonchev–Trinajstić information content (AvgIpc) is 2.78. The van der Waals surface area contributed by atoms with Gasteiger partial charge in [-0.05, 0) is 48.4 Å². The van der Waals surface area contributed by atoms with Gasteiger partial charge in [0, 0.05) is 11.6 Å². The third-order valence-corrected chi connectivity index (χ3v) is 4.98. The number of para-hydroxylation sites is 1. The lowest BCUT2D eigenvalue weighted by Gasteiger charge is -2.15. The summed E-state index contributed by atoms with van der Waals surface area (Å²) in [6.45, 7) is 2.46. The largest absolute Gasteiger partial charge is 0.497 e. The lowest BCUT2D eigenvalue weighted by atomic mass is 9.95. The summed E-state index contributed by atoms with van der Waals surface area (Å²) in [7, 11) is 1.51. The molecule has 0 heterocycles. The number of nitro groups is 1. The molecule has 0 N–H and O–H groups in total. The molecule has 0 aliphatic rings. The maximum absolute atomic E-state index is 12.9. The Balaban J connectivity index is 2.14. The second-order valence-electron chi connectivity index (χ2n) is 7.10. The fourth-order valence-electron chi connectivity index (χ4n) is 3.33. The molecule has 5 nitrogen and oxygen atoms in total. The summed E-state index contributed by atoms with van der Waals surface area (Å²) in [5.74, 6) is 0.979. The average molecular weight is 445 g/mol. The monoisotopic (exact) mass is 445 g/mol. The maximum atomic E-state index is 12.9. The van der Waals surface area contributed by atoms with Crippen molar-refractivity contribution in [3.05, 3.63) is 76.3 Å². The fraction of sp³-hybridized carbons (Fsp3) is 0.250. The first-order valence-corrected chi connectivity index (χ1v) is 10.0. The lowest BCUT2D eigenvalue weighted by molar-refractivity contribution is -0.383. The Morgan fingerprint density at radius 2 is 1.66 bits per heavy atom. The first kappa shape index (κ1) is 23.1. The second-order valence-corrected chi connectivity index (χ2v) is 7.10. The van der Waals surface area contributed by atoms with E-state index in [0.29, 0.717) is 34.8 Å². The van der Waals surface area contributed by atoms with Gasteiger partial charge < -0.3 is 9.47 Å². The third kappa shape index (κ3) is 5.01. The molecule has 0 saturated carbocycles. The van der Waals surface area contributed by atoms with Crippen LogP contribution in [-0.2, 0) is 6.18 Å². The van der Waals surface area contributed by atoms with Crippen molar-refractivity contribution in [3.8, 4) is 33.8 Å². The topological polar surface area (TPSA) is 61.6 Å². The highest BCUT2D eigenvalue weighted by atomic mass is 19.4. The lowest BCUT2D eigenvalue weighted by Crippen LogP contribution is -2.04. The van der Waals surface area contributed by atoms with E-state index >= 15 is 0 Å². The first-order valence-electron chi connectivity index (χ1n) is 10.0. The predicted octanol–water partition coefficient (Wildman–Crippen LogP) is 7.14. The van der Waals surface area contributed by atoms with Gasteiger partial charge in [-0.15, -0.1) is 0 Å². The Bertz CT molecular complexity index is 1100. The van der Waals surface area contributed by atoms with Crippen molar-refractivity contribution in [1.29, 1.82) is 0 Å². The van der Waals surface area contributed by atoms with E-state index < -0.39 is 16.7 Å². The Morgan fingerprint density at radius 3 is 2.25 bits per heavy atom. The highest BCUT2D eigenvalue weighted by Gasteiger charge is 2.30. The van der Waals surface area contributed by atoms with Crippen molar-refractivity contribution in [2.75, 3.05) is 13.7 Å². The summed E-state index contributed by atoms with van der Waals surface area (Å²) in [6.07, 6.45) is -2.76. The Morgan fingerprint density at radius 1 is 0.969 bits per heavy atom. The van der Waals surface area contributed by atoms with Crippen LogP contribution in [0.3, 0.4) is 0 Å². The SMILES string of the molecule is CCCCOc1cc(OC)ccc1-c1cccc(-c2ccc(C(F)(F)F)cc2)c1[N+](=O)[O-]. The van der Waals surface area contributed by atoms with Crippen LogP contribution in [0.15, 0.2) is 60.7 Å². The molecule has 0 atom stereocenters. The van der Waals surface area contributed by atoms with Crippen molar-refractivity contribution in [2.24, 2.45) is 0 Å². The minimum atomic E-state index is -4.49. The minimum Gasteiger partial charge on any atom is -0.497 e. The van der Waals surface area contributed by atoms with E-state index in [1.807, 2.05) is 6.92 Å². The van der Waals surface area contributed by atoms with E-state index in [2.05, 4.69) is 0 Å². The number of hydrogen-bond acceptors (Lipinski definition) is 4. The summed E-state index contributed by atoms with van der Waals surface area (Å²) >= 11 is 0. The van der Waals surface area contributed by atoms with Crippen molar-refractivity contribution in [3.63, 3.8) is 0 Å². The van der Waals surface area contributed by atoms with Crippen LogP contribution >= 0.6 is 0 Å². The molecule has 3 aromatic rings. The molecule has 0 aliphatic heterocycles. The molecule has 0 spiro atoms. The van der Waals surface area contributed by atoms with Gasteiger partial charge in [0.25, 0.3) is 5.69 Å². The summed E-state index contributed by atoms with van der Waals surface area (Å²) < 4.78 is 49.9. The van der Waals surface area contributed by atoms with Crippen LogP contribution < -0.4 is 9.47 Å². The number of ether oxygens (including phenoxy) is 2. The molecule has 8 heteroatoms. The molecule has 0 radical (unpaired) electrons. The first-order chi connectivity index (χ1) is 15.3. The summed E-state index contributed by atoms with van der Waals surface area (Å²) in [5, 5.41) is 12.1. The van der Waals surface area contributed by atoms with Gasteiger partial charge in [0.2, 0.25) is 0 Å². The third-order valence-electron chi connectivity index (χ3n) is 4.98. The highest BCUT2D eigenvalue weighted by Crippen LogP contribution is 2.43. The van der Waals surface area contributed by atoms with Crippen LogP contribution in [0.4, 0.5) is 18.9 Å². The molecule has 0 saturated heterocycles. The number of nitro benzene ring substituents is 1. The van der Waals surface area contributed by atoms with Crippen molar-refractivity contribution < 1.29 is 27.6 Å². The molecular formula is C24H22F3NO4. The normalized spacial score (nSPS) is 11.3. The van der Waals surface area contributed by atoms with E-state index in [-0.39, 0.29) is 11.3 Å². The maximum Gasteiger partial charge on any atom is 0.416 e. The second kappa shape index (κ2) is 9.72. The predicted molar refractivity (Wildman–Crippen MR) is 116 cm³/mol. The van der Waals surface area contributed by atoms with Gasteiger partial charge in [-0.2, -0.15) is 13.2 Å². The molecule has 0 unspecified atom stereocenters. The van der Waals surface area contributed by atoms with E-state index in [1.54, 1.807) is 30.3 Å². The Labute approximate surface area is 183 Å². The molecule has 0 bridgehead atoms. The summed E-state index contributed by atoms with van der Waals surface area (Å²) in [4.78, 5) is 11.5. The van der Waals surface area contributed by atoms with Crippen molar-refractivity contribution in [2.45, 2.75) is 25.9 Å². The minimum absolute atomic E-state index is 0.210. The van der Waals surface area contributed by atoms with Crippen molar-refractivity contribution in [1.82, 2.24) is 0 Å². The molecule has 0 aromatic heterocycles. The highest BCUT2D eigenvalue weighted by molar-refractivity contribution is 5.88. The van der Waals surface area contributed by atoms with Gasteiger partial charge in [0.1, 0.15) is 11.5 Å². The number of alkyl halides is 3. The molecule has 168 valence electrons. The quantitative estimate of drug-likeness (QED) is 0.210. The number of methoxy groups -OCH3 is 1. The zero-order valence-corrected chi connectivity index (χ0v) is 17.6. The van der Waals surface area contributed by atoms with Gasteiger partial charge in [-0.1, -0.05) is 31.5 Å². The van der Waals surface area contributed by atoms with Crippen molar-refractivity contribution >= 4 is 5.69 Å². The smallest absolute Gasteiger partial charge is 0.416 e. The number of benzene rings is 3. The summed E-state index contributed by atoms with van der Waals surface area (Å²) in [5.41, 5.74) is 0.313. The number of nitrogens with zero attached hydrogens (tertiary/aromatic N) is 1. The van der Waals surface area contributed by atoms with Gasteiger partial charge in [0.05, 0.1) is 35.3 Å². The zero-order chi connectivity index (χ0) is 23.3. The standard InChI is InChI=1S/C24H22F3NO4/c1-3-4-14-32-22-15-18(31-2)12-13-20(22)21-7-5-6-19(23(21)28(29)30)16-8-10-17(11-9-16)24(25,26)27/h5-13,15H,3-4,14H2,1-2H3. The van der Waals surface area contributed by atoms with Crippen LogP contribution in [0.25, 0.3) is 22.3 Å². The van der Waals surface area contributed by atoms with E-state index in [1.165, 1.54) is 25.3 Å². The molecule has 0 aliphatic carbocycles. The van der Waals surface area contributed by atoms with E-state index in [0.717, 1.165) is 25.0 Å². The van der Waals surface area contributed by atoms with Crippen LogP contribution in [0, 0.1) is 10.1 Å². The van der Waals surface area contributed by atoms with E-state index in [9.17, 15) is 23.3 Å². The van der Waals surface area contributed by atoms with Crippen LogP contribution in [0.2, 0.25) is 0 Å². The Kier molecular flexibility index (Phi) is 7.02. The number of rotatable bonds is 8. The van der Waals surface area contributed by atoms with Crippen LogP contribution in [0.5, 0.6) is 11.5 Å². The van der Waals surface area contributed by atoms with Gasteiger partial charge in [0.15, 0.2) is 0 Å². The molecule has 3 aromatic carbocycles. The summed E-state index contributed by atoms with van der Waals surface area (Å²) in [6, 6.07) is 14.1.